The number of aromatic nitrogens is 3. The lowest BCUT2D eigenvalue weighted by atomic mass is 10.2. The first-order chi connectivity index (χ1) is 12.1. The number of carbonyl (C=O) groups is 2. The minimum atomic E-state index is -0.694. The molecule has 0 bridgehead atoms. The lowest BCUT2D eigenvalue weighted by Gasteiger charge is -2.19. The predicted octanol–water partition coefficient (Wildman–Crippen LogP) is 1.13. The van der Waals surface area contributed by atoms with Crippen molar-refractivity contribution in [1.82, 2.24) is 14.8 Å². The fourth-order valence-electron chi connectivity index (χ4n) is 2.81. The van der Waals surface area contributed by atoms with Crippen LogP contribution in [0.15, 0.2) is 18.2 Å². The Morgan fingerprint density at radius 2 is 2.16 bits per heavy atom. The molecule has 0 aliphatic carbocycles. The lowest BCUT2D eigenvalue weighted by Crippen LogP contribution is -2.24. The molecule has 130 valence electrons. The van der Waals surface area contributed by atoms with Gasteiger partial charge in [0.25, 0.3) is 5.91 Å². The molecule has 1 atom stereocenters. The number of nitrogens with zero attached hydrogens (tertiary/aromatic N) is 3. The molecule has 0 fully saturated rings. The Labute approximate surface area is 143 Å². The summed E-state index contributed by atoms with van der Waals surface area (Å²) in [6, 6.07) is 4.49. The first-order valence-corrected chi connectivity index (χ1v) is 8.10. The van der Waals surface area contributed by atoms with Crippen molar-refractivity contribution in [3.63, 3.8) is 0 Å². The van der Waals surface area contributed by atoms with Gasteiger partial charge in [-0.1, -0.05) is 6.92 Å². The number of hydrogen-bond donors (Lipinski definition) is 2. The van der Waals surface area contributed by atoms with Crippen LogP contribution in [0, 0.1) is 0 Å². The average Bonchev–Trinajstić information content (AvgIpc) is 3.13. The van der Waals surface area contributed by atoms with Crippen LogP contribution >= 0.6 is 0 Å². The van der Waals surface area contributed by atoms with Gasteiger partial charge in [0.1, 0.15) is 19.3 Å². The maximum atomic E-state index is 12.3. The highest BCUT2D eigenvalue weighted by molar-refractivity contribution is 6.01. The molecule has 0 saturated carbocycles. The Bertz CT molecular complexity index is 847. The van der Waals surface area contributed by atoms with Gasteiger partial charge in [-0.15, -0.1) is 0 Å². The lowest BCUT2D eigenvalue weighted by molar-refractivity contribution is -0.123. The Hall–Kier alpha value is -3.10. The Balaban J connectivity index is 1.46. The number of benzene rings is 1. The molecule has 1 aromatic heterocycles. The van der Waals surface area contributed by atoms with E-state index in [1.54, 1.807) is 18.2 Å². The highest BCUT2D eigenvalue weighted by Gasteiger charge is 2.34. The third-order valence-corrected chi connectivity index (χ3v) is 4.03. The van der Waals surface area contributed by atoms with Gasteiger partial charge in [0.2, 0.25) is 11.9 Å². The predicted molar refractivity (Wildman–Crippen MR) is 87.7 cm³/mol. The average molecular weight is 343 g/mol. The highest BCUT2D eigenvalue weighted by atomic mass is 16.6. The minimum absolute atomic E-state index is 0.0280. The zero-order valence-electron chi connectivity index (χ0n) is 13.6. The molecule has 25 heavy (non-hydrogen) atoms. The van der Waals surface area contributed by atoms with Crippen molar-refractivity contribution < 1.29 is 19.1 Å². The second kappa shape index (κ2) is 6.08. The first kappa shape index (κ1) is 15.4. The van der Waals surface area contributed by atoms with E-state index in [1.165, 1.54) is 4.68 Å². The van der Waals surface area contributed by atoms with E-state index in [-0.39, 0.29) is 18.2 Å². The van der Waals surface area contributed by atoms with Crippen molar-refractivity contribution in [2.75, 3.05) is 23.8 Å². The van der Waals surface area contributed by atoms with E-state index in [2.05, 4.69) is 20.7 Å². The molecule has 2 N–H and O–H groups in total. The van der Waals surface area contributed by atoms with Crippen molar-refractivity contribution in [3.05, 3.63) is 24.0 Å². The summed E-state index contributed by atoms with van der Waals surface area (Å²) in [5.74, 6) is 1.69. The smallest absolute Gasteiger partial charge is 0.252 e. The number of rotatable bonds is 4. The van der Waals surface area contributed by atoms with Crippen LogP contribution in [0.4, 0.5) is 11.6 Å². The van der Waals surface area contributed by atoms with Crippen LogP contribution in [0.1, 0.15) is 25.2 Å². The number of nitrogens with one attached hydrogen (secondary N) is 2. The molecule has 2 amide bonds. The van der Waals surface area contributed by atoms with Gasteiger partial charge in [0.15, 0.2) is 17.3 Å². The van der Waals surface area contributed by atoms with Crippen LogP contribution in [0.25, 0.3) is 0 Å². The number of fused-ring (bicyclic) bond motifs is 2. The summed E-state index contributed by atoms with van der Waals surface area (Å²) < 4.78 is 12.4. The third kappa shape index (κ3) is 2.88. The summed E-state index contributed by atoms with van der Waals surface area (Å²) >= 11 is 0. The molecular formula is C16H17N5O4. The maximum absolute atomic E-state index is 12.3. The molecular weight excluding hydrogens is 326 g/mol. The number of aryl methyl sites for hydroxylation is 1. The number of hydrogen-bond acceptors (Lipinski definition) is 6. The second-order valence-corrected chi connectivity index (χ2v) is 5.77. The largest absolute Gasteiger partial charge is 0.486 e. The van der Waals surface area contributed by atoms with E-state index in [9.17, 15) is 9.59 Å². The van der Waals surface area contributed by atoms with Crippen LogP contribution in [-0.4, -0.2) is 39.8 Å². The van der Waals surface area contributed by atoms with Crippen LogP contribution in [0.3, 0.4) is 0 Å². The zero-order valence-corrected chi connectivity index (χ0v) is 13.6. The van der Waals surface area contributed by atoms with E-state index in [0.717, 1.165) is 0 Å². The molecule has 0 unspecified atom stereocenters. The number of amides is 2. The van der Waals surface area contributed by atoms with Crippen molar-refractivity contribution in [2.24, 2.45) is 0 Å². The number of carbonyl (C=O) groups excluding carboxylic acids is 2. The third-order valence-electron chi connectivity index (χ3n) is 4.03. The quantitative estimate of drug-likeness (QED) is 0.862. The second-order valence-electron chi connectivity index (χ2n) is 5.77. The van der Waals surface area contributed by atoms with Crippen molar-refractivity contribution in [1.29, 1.82) is 0 Å². The molecule has 0 saturated heterocycles. The molecule has 0 radical (unpaired) electrons. The van der Waals surface area contributed by atoms with Gasteiger partial charge in [-0.2, -0.15) is 10.1 Å². The standard InChI is InChI=1S/C16H17N5O4/c1-2-13-18-16-19-15(23)10(21(16)20-13)8-14(22)17-9-3-4-11-12(7-9)25-6-5-24-11/h3-4,7,10H,2,5-6,8H2,1H3,(H,17,22)(H,18,19,20,23)/t10-/m1/s1. The van der Waals surface area contributed by atoms with Gasteiger partial charge in [0.05, 0.1) is 6.42 Å². The van der Waals surface area contributed by atoms with E-state index < -0.39 is 6.04 Å². The van der Waals surface area contributed by atoms with Crippen LogP contribution in [0.2, 0.25) is 0 Å². The Morgan fingerprint density at radius 1 is 1.36 bits per heavy atom. The van der Waals surface area contributed by atoms with Gasteiger partial charge in [-0.05, 0) is 12.1 Å². The molecule has 2 aromatic rings. The van der Waals surface area contributed by atoms with E-state index in [1.807, 2.05) is 6.92 Å². The Kier molecular flexibility index (Phi) is 3.75. The van der Waals surface area contributed by atoms with Gasteiger partial charge < -0.3 is 14.8 Å². The van der Waals surface area contributed by atoms with Gasteiger partial charge >= 0.3 is 0 Å². The topological polar surface area (TPSA) is 107 Å². The first-order valence-electron chi connectivity index (χ1n) is 8.10. The molecule has 9 heteroatoms. The summed E-state index contributed by atoms with van der Waals surface area (Å²) in [6.07, 6.45) is 0.631. The zero-order chi connectivity index (χ0) is 17.4. The fourth-order valence-corrected chi connectivity index (χ4v) is 2.81. The van der Waals surface area contributed by atoms with Gasteiger partial charge in [-0.3, -0.25) is 14.9 Å². The summed E-state index contributed by atoms with van der Waals surface area (Å²) in [7, 11) is 0. The van der Waals surface area contributed by atoms with Crippen LogP contribution in [-0.2, 0) is 16.0 Å². The molecule has 1 aromatic carbocycles. The molecule has 2 aliphatic heterocycles. The summed E-state index contributed by atoms with van der Waals surface area (Å²) in [4.78, 5) is 28.6. The highest BCUT2D eigenvalue weighted by Crippen LogP contribution is 2.33. The van der Waals surface area contributed by atoms with E-state index >= 15 is 0 Å². The summed E-state index contributed by atoms with van der Waals surface area (Å²) in [5.41, 5.74) is 0.584. The van der Waals surface area contributed by atoms with E-state index in [4.69, 9.17) is 9.47 Å². The summed E-state index contributed by atoms with van der Waals surface area (Å²) in [6.45, 7) is 2.91. The fraction of sp³-hybridized carbons (Fsp3) is 0.375. The molecule has 0 spiro atoms. The van der Waals surface area contributed by atoms with E-state index in [0.29, 0.717) is 48.6 Å². The molecule has 4 rings (SSSR count). The van der Waals surface area contributed by atoms with Crippen LogP contribution < -0.4 is 20.1 Å². The van der Waals surface area contributed by atoms with Crippen molar-refractivity contribution >= 4 is 23.5 Å². The summed E-state index contributed by atoms with van der Waals surface area (Å²) in [5, 5.41) is 9.69. The Morgan fingerprint density at radius 3 is 2.96 bits per heavy atom. The van der Waals surface area contributed by atoms with Gasteiger partial charge in [0, 0.05) is 18.2 Å². The van der Waals surface area contributed by atoms with Crippen molar-refractivity contribution in [3.8, 4) is 11.5 Å². The minimum Gasteiger partial charge on any atom is -0.486 e. The molecule has 9 nitrogen and oxygen atoms in total. The van der Waals surface area contributed by atoms with Crippen LogP contribution in [0.5, 0.6) is 11.5 Å². The van der Waals surface area contributed by atoms with Gasteiger partial charge in [-0.25, -0.2) is 4.68 Å². The number of ether oxygens (including phenoxy) is 2. The SMILES string of the molecule is CCc1nc2n(n1)[C@H](CC(=O)Nc1ccc3c(c1)OCCO3)C(=O)N2. The van der Waals surface area contributed by atoms with Crippen molar-refractivity contribution in [2.45, 2.75) is 25.8 Å². The monoisotopic (exact) mass is 343 g/mol. The molecule has 3 heterocycles. The maximum Gasteiger partial charge on any atom is 0.252 e. The normalized spacial score (nSPS) is 17.8. The molecule has 2 aliphatic rings. The number of anilines is 2.